The van der Waals surface area contributed by atoms with Crippen LogP contribution in [0.4, 0.5) is 0 Å². The van der Waals surface area contributed by atoms with E-state index >= 15 is 0 Å². The van der Waals surface area contributed by atoms with E-state index in [4.69, 9.17) is 9.15 Å². The number of carbonyl (C=O) groups is 1. The van der Waals surface area contributed by atoms with Crippen molar-refractivity contribution in [2.45, 2.75) is 18.4 Å². The Bertz CT molecular complexity index is 754. The molecule has 0 saturated carbocycles. The number of hydrogen-bond acceptors (Lipinski definition) is 7. The monoisotopic (exact) mass is 311 g/mol. The first-order valence-electron chi connectivity index (χ1n) is 5.92. The van der Waals surface area contributed by atoms with Crippen LogP contribution in [0.3, 0.4) is 0 Å². The molecule has 2 aromatic rings. The van der Waals surface area contributed by atoms with Crippen LogP contribution < -0.4 is 4.72 Å². The summed E-state index contributed by atoms with van der Waals surface area (Å²) in [6.45, 7) is 1.44. The number of aromatic nitrogens is 2. The lowest BCUT2D eigenvalue weighted by Crippen LogP contribution is -2.19. The molecule has 0 radical (unpaired) electrons. The predicted molar refractivity (Wildman–Crippen MR) is 70.8 cm³/mol. The minimum absolute atomic E-state index is 0.0203. The van der Waals surface area contributed by atoms with E-state index in [2.05, 4.69) is 14.9 Å². The molecule has 0 bridgehead atoms. The minimum Gasteiger partial charge on any atom is -0.452 e. The van der Waals surface area contributed by atoms with Crippen molar-refractivity contribution < 1.29 is 22.4 Å². The largest absolute Gasteiger partial charge is 0.452 e. The van der Waals surface area contributed by atoms with Crippen LogP contribution in [0.1, 0.15) is 22.1 Å². The van der Waals surface area contributed by atoms with Gasteiger partial charge in [-0.05, 0) is 25.2 Å². The predicted octanol–water partition coefficient (Wildman–Crippen LogP) is 0.643. The van der Waals surface area contributed by atoms with Gasteiger partial charge in [0.05, 0.1) is 10.5 Å². The van der Waals surface area contributed by atoms with Gasteiger partial charge in [-0.1, -0.05) is 6.07 Å². The molecular formula is C12H13N3O5S. The number of carbonyl (C=O) groups excluding carboxylic acids is 1. The SMILES string of the molecule is CNS(=O)(=O)c1cccc(C(=O)OCc2nnc(C)o2)c1. The number of hydrogen-bond donors (Lipinski definition) is 1. The number of aryl methyl sites for hydroxylation is 1. The van der Waals surface area contributed by atoms with Gasteiger partial charge in [0.15, 0.2) is 6.61 Å². The van der Waals surface area contributed by atoms with Crippen LogP contribution in [0, 0.1) is 6.92 Å². The van der Waals surface area contributed by atoms with Crippen LogP contribution in [0.5, 0.6) is 0 Å². The van der Waals surface area contributed by atoms with Crippen molar-refractivity contribution in [3.05, 3.63) is 41.6 Å². The van der Waals surface area contributed by atoms with Crippen LogP contribution in [-0.2, 0) is 21.4 Å². The number of rotatable bonds is 5. The Balaban J connectivity index is 2.11. The van der Waals surface area contributed by atoms with Gasteiger partial charge in [-0.2, -0.15) is 0 Å². The Morgan fingerprint density at radius 3 is 2.76 bits per heavy atom. The molecule has 1 aromatic heterocycles. The molecule has 9 heteroatoms. The Labute approximate surface area is 121 Å². The molecule has 0 aliphatic rings. The molecule has 1 aromatic carbocycles. The first-order chi connectivity index (χ1) is 9.92. The molecular weight excluding hydrogens is 298 g/mol. The molecule has 0 aliphatic carbocycles. The minimum atomic E-state index is -3.62. The fourth-order valence-corrected chi connectivity index (χ4v) is 2.29. The maximum atomic E-state index is 11.9. The summed E-state index contributed by atoms with van der Waals surface area (Å²) in [6, 6.07) is 5.52. The van der Waals surface area contributed by atoms with Gasteiger partial charge < -0.3 is 9.15 Å². The number of benzene rings is 1. The smallest absolute Gasteiger partial charge is 0.338 e. The van der Waals surface area contributed by atoms with E-state index in [0.29, 0.717) is 5.89 Å². The van der Waals surface area contributed by atoms with Crippen LogP contribution in [0.25, 0.3) is 0 Å². The summed E-state index contributed by atoms with van der Waals surface area (Å²) in [7, 11) is -2.33. The van der Waals surface area contributed by atoms with Crippen molar-refractivity contribution in [1.29, 1.82) is 0 Å². The highest BCUT2D eigenvalue weighted by Crippen LogP contribution is 2.12. The molecule has 8 nitrogen and oxygen atoms in total. The Morgan fingerprint density at radius 2 is 2.14 bits per heavy atom. The molecule has 0 unspecified atom stereocenters. The van der Waals surface area contributed by atoms with Gasteiger partial charge in [0, 0.05) is 6.92 Å². The van der Waals surface area contributed by atoms with Crippen molar-refractivity contribution in [2.24, 2.45) is 0 Å². The Hall–Kier alpha value is -2.26. The van der Waals surface area contributed by atoms with Crippen molar-refractivity contribution in [3.8, 4) is 0 Å². The average molecular weight is 311 g/mol. The van der Waals surface area contributed by atoms with Crippen LogP contribution >= 0.6 is 0 Å². The molecule has 0 fully saturated rings. The van der Waals surface area contributed by atoms with E-state index in [9.17, 15) is 13.2 Å². The van der Waals surface area contributed by atoms with Crippen LogP contribution in [0.2, 0.25) is 0 Å². The molecule has 0 saturated heterocycles. The normalized spacial score (nSPS) is 11.3. The quantitative estimate of drug-likeness (QED) is 0.806. The highest BCUT2D eigenvalue weighted by Gasteiger charge is 2.15. The molecule has 0 amide bonds. The number of sulfonamides is 1. The van der Waals surface area contributed by atoms with E-state index in [1.54, 1.807) is 6.92 Å². The van der Waals surface area contributed by atoms with Crippen molar-refractivity contribution in [3.63, 3.8) is 0 Å². The molecule has 21 heavy (non-hydrogen) atoms. The second kappa shape index (κ2) is 6.02. The summed E-state index contributed by atoms with van der Waals surface area (Å²) in [5.74, 6) is -0.151. The van der Waals surface area contributed by atoms with Crippen molar-refractivity contribution >= 4 is 16.0 Å². The lowest BCUT2D eigenvalue weighted by atomic mass is 10.2. The highest BCUT2D eigenvalue weighted by molar-refractivity contribution is 7.89. The number of ether oxygens (including phenoxy) is 1. The van der Waals surface area contributed by atoms with Gasteiger partial charge in [-0.25, -0.2) is 17.9 Å². The molecule has 1 N–H and O–H groups in total. The van der Waals surface area contributed by atoms with Gasteiger partial charge >= 0.3 is 5.97 Å². The second-order valence-corrected chi connectivity index (χ2v) is 5.91. The highest BCUT2D eigenvalue weighted by atomic mass is 32.2. The zero-order chi connectivity index (χ0) is 15.5. The molecule has 112 valence electrons. The van der Waals surface area contributed by atoms with E-state index < -0.39 is 16.0 Å². The third kappa shape index (κ3) is 3.64. The summed E-state index contributed by atoms with van der Waals surface area (Å²) in [5.41, 5.74) is 0.113. The molecule has 2 rings (SSSR count). The summed E-state index contributed by atoms with van der Waals surface area (Å²) in [4.78, 5) is 11.8. The lowest BCUT2D eigenvalue weighted by molar-refractivity contribution is 0.0436. The van der Waals surface area contributed by atoms with Crippen molar-refractivity contribution in [1.82, 2.24) is 14.9 Å². The summed E-state index contributed by atoms with van der Waals surface area (Å²) in [6.07, 6.45) is 0. The van der Waals surface area contributed by atoms with Gasteiger partial charge in [0.25, 0.3) is 5.89 Å². The number of nitrogens with zero attached hydrogens (tertiary/aromatic N) is 2. The third-order valence-corrected chi connectivity index (χ3v) is 3.96. The van der Waals surface area contributed by atoms with E-state index in [1.165, 1.54) is 31.3 Å². The first-order valence-corrected chi connectivity index (χ1v) is 7.40. The van der Waals surface area contributed by atoms with Gasteiger partial charge in [-0.3, -0.25) is 0 Å². The Kier molecular flexibility index (Phi) is 4.34. The maximum Gasteiger partial charge on any atom is 0.338 e. The fraction of sp³-hybridized carbons (Fsp3) is 0.250. The summed E-state index contributed by atoms with van der Waals surface area (Å²) < 4.78 is 35.5. The van der Waals surface area contributed by atoms with Gasteiger partial charge in [-0.15, -0.1) is 10.2 Å². The van der Waals surface area contributed by atoms with Gasteiger partial charge in [0.1, 0.15) is 0 Å². The fourth-order valence-electron chi connectivity index (χ4n) is 1.51. The van der Waals surface area contributed by atoms with Crippen LogP contribution in [0.15, 0.2) is 33.6 Å². The number of esters is 1. The zero-order valence-corrected chi connectivity index (χ0v) is 12.2. The standard InChI is InChI=1S/C12H13N3O5S/c1-8-14-15-11(20-8)7-19-12(16)9-4-3-5-10(6-9)21(17,18)13-2/h3-6,13H,7H2,1-2H3. The summed E-state index contributed by atoms with van der Waals surface area (Å²) >= 11 is 0. The average Bonchev–Trinajstić information content (AvgIpc) is 2.90. The lowest BCUT2D eigenvalue weighted by Gasteiger charge is -2.05. The molecule has 0 atom stereocenters. The molecule has 0 aliphatic heterocycles. The van der Waals surface area contributed by atoms with Crippen molar-refractivity contribution in [2.75, 3.05) is 7.05 Å². The second-order valence-electron chi connectivity index (χ2n) is 4.03. The van der Waals surface area contributed by atoms with E-state index in [0.717, 1.165) is 0 Å². The maximum absolute atomic E-state index is 11.9. The topological polar surface area (TPSA) is 111 Å². The molecule has 1 heterocycles. The first kappa shape index (κ1) is 15.1. The summed E-state index contributed by atoms with van der Waals surface area (Å²) in [5, 5.41) is 7.28. The van der Waals surface area contributed by atoms with E-state index in [1.807, 2.05) is 0 Å². The number of nitrogens with one attached hydrogen (secondary N) is 1. The van der Waals surface area contributed by atoms with E-state index in [-0.39, 0.29) is 23.0 Å². The Morgan fingerprint density at radius 1 is 1.38 bits per heavy atom. The van der Waals surface area contributed by atoms with Gasteiger partial charge in [0.2, 0.25) is 15.9 Å². The van der Waals surface area contributed by atoms with Crippen LogP contribution in [-0.4, -0.2) is 31.6 Å². The third-order valence-electron chi connectivity index (χ3n) is 2.54. The zero-order valence-electron chi connectivity index (χ0n) is 11.4. The molecule has 0 spiro atoms.